The van der Waals surface area contributed by atoms with Gasteiger partial charge in [0.15, 0.2) is 23.1 Å². The highest BCUT2D eigenvalue weighted by Gasteiger charge is 2.22. The standard InChI is InChI=1S/C10H12FNO3/c1-13-9-6(5-12)10-8(4-7(9)11)14-2-3-15-10/h4H,2-3,5,12H2,1H3. The van der Waals surface area contributed by atoms with Gasteiger partial charge in [-0.3, -0.25) is 0 Å². The van der Waals surface area contributed by atoms with Crippen LogP contribution in [0.3, 0.4) is 0 Å². The maximum atomic E-state index is 13.5. The minimum Gasteiger partial charge on any atom is -0.493 e. The van der Waals surface area contributed by atoms with Gasteiger partial charge in [0.25, 0.3) is 0 Å². The van der Waals surface area contributed by atoms with Crippen molar-refractivity contribution in [1.29, 1.82) is 0 Å². The Balaban J connectivity index is 2.59. The van der Waals surface area contributed by atoms with E-state index in [1.807, 2.05) is 0 Å². The molecule has 0 fully saturated rings. The first-order valence-corrected chi connectivity index (χ1v) is 4.63. The number of methoxy groups -OCH3 is 1. The molecule has 1 aromatic carbocycles. The smallest absolute Gasteiger partial charge is 0.169 e. The zero-order valence-electron chi connectivity index (χ0n) is 8.38. The highest BCUT2D eigenvalue weighted by molar-refractivity contribution is 5.55. The molecular formula is C10H12FNO3. The van der Waals surface area contributed by atoms with Gasteiger partial charge in [0.05, 0.1) is 12.7 Å². The van der Waals surface area contributed by atoms with Crippen molar-refractivity contribution < 1.29 is 18.6 Å². The molecule has 0 amide bonds. The van der Waals surface area contributed by atoms with Gasteiger partial charge in [-0.05, 0) is 0 Å². The number of ether oxygens (including phenoxy) is 3. The molecular weight excluding hydrogens is 201 g/mol. The Morgan fingerprint density at radius 1 is 1.47 bits per heavy atom. The van der Waals surface area contributed by atoms with E-state index in [2.05, 4.69) is 0 Å². The van der Waals surface area contributed by atoms with Gasteiger partial charge < -0.3 is 19.9 Å². The van der Waals surface area contributed by atoms with Crippen LogP contribution in [-0.4, -0.2) is 20.3 Å². The van der Waals surface area contributed by atoms with Crippen LogP contribution in [0.1, 0.15) is 5.56 Å². The van der Waals surface area contributed by atoms with Gasteiger partial charge in [0, 0.05) is 12.6 Å². The second-order valence-corrected chi connectivity index (χ2v) is 3.10. The summed E-state index contributed by atoms with van der Waals surface area (Å²) in [7, 11) is 1.40. The monoisotopic (exact) mass is 213 g/mol. The summed E-state index contributed by atoms with van der Waals surface area (Å²) < 4.78 is 29.1. The summed E-state index contributed by atoms with van der Waals surface area (Å²) in [5.41, 5.74) is 6.04. The minimum absolute atomic E-state index is 0.127. The van der Waals surface area contributed by atoms with Gasteiger partial charge in [0.2, 0.25) is 0 Å². The predicted molar refractivity (Wildman–Crippen MR) is 51.8 cm³/mol. The molecule has 0 atom stereocenters. The first kappa shape index (κ1) is 10.0. The number of hydrogen-bond acceptors (Lipinski definition) is 4. The van der Waals surface area contributed by atoms with E-state index in [9.17, 15) is 4.39 Å². The Bertz CT molecular complexity index is 381. The normalized spacial score (nSPS) is 13.8. The summed E-state index contributed by atoms with van der Waals surface area (Å²) >= 11 is 0. The van der Waals surface area contributed by atoms with Gasteiger partial charge in [-0.25, -0.2) is 4.39 Å². The molecule has 1 aliphatic rings. The quantitative estimate of drug-likeness (QED) is 0.798. The highest BCUT2D eigenvalue weighted by Crippen LogP contribution is 2.40. The van der Waals surface area contributed by atoms with Crippen LogP contribution in [0.5, 0.6) is 17.2 Å². The molecule has 0 aliphatic carbocycles. The van der Waals surface area contributed by atoms with Gasteiger partial charge in [-0.15, -0.1) is 0 Å². The Morgan fingerprint density at radius 2 is 2.20 bits per heavy atom. The van der Waals surface area contributed by atoms with Crippen molar-refractivity contribution in [1.82, 2.24) is 0 Å². The molecule has 5 heteroatoms. The van der Waals surface area contributed by atoms with Gasteiger partial charge in [0.1, 0.15) is 13.2 Å². The summed E-state index contributed by atoms with van der Waals surface area (Å²) in [6.45, 7) is 1.00. The van der Waals surface area contributed by atoms with Crippen molar-refractivity contribution in [3.05, 3.63) is 17.4 Å². The zero-order valence-corrected chi connectivity index (χ0v) is 8.38. The van der Waals surface area contributed by atoms with E-state index in [0.29, 0.717) is 30.3 Å². The van der Waals surface area contributed by atoms with E-state index in [1.54, 1.807) is 0 Å². The van der Waals surface area contributed by atoms with Crippen LogP contribution in [0, 0.1) is 5.82 Å². The van der Waals surface area contributed by atoms with Crippen LogP contribution in [0.15, 0.2) is 6.07 Å². The van der Waals surface area contributed by atoms with E-state index in [1.165, 1.54) is 13.2 Å². The third kappa shape index (κ3) is 1.59. The van der Waals surface area contributed by atoms with E-state index >= 15 is 0 Å². The molecule has 2 rings (SSSR count). The number of halogens is 1. The third-order valence-corrected chi connectivity index (χ3v) is 2.24. The van der Waals surface area contributed by atoms with Crippen molar-refractivity contribution >= 4 is 0 Å². The third-order valence-electron chi connectivity index (χ3n) is 2.24. The Kier molecular flexibility index (Phi) is 2.64. The second-order valence-electron chi connectivity index (χ2n) is 3.10. The number of benzene rings is 1. The number of hydrogen-bond donors (Lipinski definition) is 1. The predicted octanol–water partition coefficient (Wildman–Crippen LogP) is 1.06. The summed E-state index contributed by atoms with van der Waals surface area (Å²) in [5, 5.41) is 0. The number of fused-ring (bicyclic) bond motifs is 1. The molecule has 0 bridgehead atoms. The molecule has 0 saturated heterocycles. The van der Waals surface area contributed by atoms with Crippen molar-refractivity contribution in [2.75, 3.05) is 20.3 Å². The maximum Gasteiger partial charge on any atom is 0.169 e. The maximum absolute atomic E-state index is 13.5. The molecule has 0 unspecified atom stereocenters. The van der Waals surface area contributed by atoms with Crippen LogP contribution in [0.2, 0.25) is 0 Å². The summed E-state index contributed by atoms with van der Waals surface area (Å²) in [6.07, 6.45) is 0. The molecule has 15 heavy (non-hydrogen) atoms. The lowest BCUT2D eigenvalue weighted by molar-refractivity contribution is 0.167. The van der Waals surface area contributed by atoms with Crippen molar-refractivity contribution in [3.8, 4) is 17.2 Å². The van der Waals surface area contributed by atoms with Crippen LogP contribution in [0.25, 0.3) is 0 Å². The number of rotatable bonds is 2. The van der Waals surface area contributed by atoms with E-state index in [4.69, 9.17) is 19.9 Å². The Labute approximate surface area is 86.7 Å². The molecule has 1 aliphatic heterocycles. The number of nitrogens with two attached hydrogens (primary N) is 1. The Morgan fingerprint density at radius 3 is 2.87 bits per heavy atom. The lowest BCUT2D eigenvalue weighted by Crippen LogP contribution is -2.18. The molecule has 4 nitrogen and oxygen atoms in total. The second kappa shape index (κ2) is 3.94. The van der Waals surface area contributed by atoms with Crippen LogP contribution in [-0.2, 0) is 6.54 Å². The molecule has 0 saturated carbocycles. The summed E-state index contributed by atoms with van der Waals surface area (Å²) in [5.74, 6) is 0.519. The van der Waals surface area contributed by atoms with Gasteiger partial charge in [-0.2, -0.15) is 0 Å². The van der Waals surface area contributed by atoms with E-state index in [0.717, 1.165) is 0 Å². The average molecular weight is 213 g/mol. The molecule has 82 valence electrons. The van der Waals surface area contributed by atoms with E-state index in [-0.39, 0.29) is 12.3 Å². The minimum atomic E-state index is -0.484. The zero-order chi connectivity index (χ0) is 10.8. The Hall–Kier alpha value is -1.49. The largest absolute Gasteiger partial charge is 0.493 e. The lowest BCUT2D eigenvalue weighted by atomic mass is 10.1. The van der Waals surface area contributed by atoms with Crippen molar-refractivity contribution in [2.45, 2.75) is 6.54 Å². The fraction of sp³-hybridized carbons (Fsp3) is 0.400. The summed E-state index contributed by atoms with van der Waals surface area (Å²) in [4.78, 5) is 0. The van der Waals surface area contributed by atoms with Crippen molar-refractivity contribution in [3.63, 3.8) is 0 Å². The first-order chi connectivity index (χ1) is 7.27. The van der Waals surface area contributed by atoms with Crippen LogP contribution < -0.4 is 19.9 Å². The van der Waals surface area contributed by atoms with E-state index < -0.39 is 5.82 Å². The molecule has 2 N–H and O–H groups in total. The molecule has 1 heterocycles. The molecule has 0 spiro atoms. The van der Waals surface area contributed by atoms with Crippen LogP contribution in [0.4, 0.5) is 4.39 Å². The van der Waals surface area contributed by atoms with Crippen LogP contribution >= 0.6 is 0 Å². The van der Waals surface area contributed by atoms with Crippen molar-refractivity contribution in [2.24, 2.45) is 5.73 Å². The fourth-order valence-corrected chi connectivity index (χ4v) is 1.61. The lowest BCUT2D eigenvalue weighted by Gasteiger charge is -2.22. The molecule has 1 aromatic rings. The molecule has 0 aromatic heterocycles. The molecule has 0 radical (unpaired) electrons. The topological polar surface area (TPSA) is 53.7 Å². The summed E-state index contributed by atoms with van der Waals surface area (Å²) in [6, 6.07) is 1.26. The van der Waals surface area contributed by atoms with Gasteiger partial charge in [-0.1, -0.05) is 0 Å². The first-order valence-electron chi connectivity index (χ1n) is 4.63. The average Bonchev–Trinajstić information content (AvgIpc) is 2.27. The highest BCUT2D eigenvalue weighted by atomic mass is 19.1. The SMILES string of the molecule is COc1c(F)cc2c(c1CN)OCCO2. The fourth-order valence-electron chi connectivity index (χ4n) is 1.61. The van der Waals surface area contributed by atoms with Gasteiger partial charge >= 0.3 is 0 Å².